The number of nitrogens with zero attached hydrogens (tertiary/aromatic N) is 2. The van der Waals surface area contributed by atoms with E-state index in [1.165, 1.54) is 43.2 Å². The van der Waals surface area contributed by atoms with Crippen LogP contribution >= 0.6 is 0 Å². The summed E-state index contributed by atoms with van der Waals surface area (Å²) in [4.78, 5) is 4.69. The summed E-state index contributed by atoms with van der Waals surface area (Å²) in [5, 5.41) is 7.53. The van der Waals surface area contributed by atoms with Crippen LogP contribution in [0.1, 0.15) is 60.8 Å². The molecule has 0 radical (unpaired) electrons. The molecule has 3 rings (SSSR count). The fourth-order valence-corrected chi connectivity index (χ4v) is 2.95. The van der Waals surface area contributed by atoms with Crippen molar-refractivity contribution >= 4 is 0 Å². The van der Waals surface area contributed by atoms with Crippen molar-refractivity contribution < 1.29 is 0 Å². The summed E-state index contributed by atoms with van der Waals surface area (Å²) >= 11 is 0. The van der Waals surface area contributed by atoms with Crippen LogP contribution in [0.2, 0.25) is 0 Å². The molecule has 0 saturated heterocycles. The zero-order chi connectivity index (χ0) is 13.1. The third kappa shape index (κ3) is 3.03. The molecule has 100 valence electrons. The van der Waals surface area contributed by atoms with Crippen molar-refractivity contribution in [3.8, 4) is 0 Å². The number of aromatic amines is 1. The summed E-state index contributed by atoms with van der Waals surface area (Å²) in [6.07, 6.45) is 7.38. The van der Waals surface area contributed by atoms with Crippen LogP contribution in [0.3, 0.4) is 0 Å². The van der Waals surface area contributed by atoms with Gasteiger partial charge in [-0.15, -0.1) is 0 Å². The molecule has 1 saturated carbocycles. The summed E-state index contributed by atoms with van der Waals surface area (Å²) in [7, 11) is 0. The summed E-state index contributed by atoms with van der Waals surface area (Å²) in [5.74, 6) is 2.60. The topological polar surface area (TPSA) is 41.6 Å². The Morgan fingerprint density at radius 3 is 2.84 bits per heavy atom. The van der Waals surface area contributed by atoms with E-state index < -0.39 is 0 Å². The highest BCUT2D eigenvalue weighted by Gasteiger charge is 2.19. The lowest BCUT2D eigenvalue weighted by molar-refractivity contribution is 0.429. The summed E-state index contributed by atoms with van der Waals surface area (Å²) in [6.45, 7) is 2.12. The largest absolute Gasteiger partial charge is 0.263 e. The quantitative estimate of drug-likeness (QED) is 0.907. The molecule has 1 aliphatic carbocycles. The number of rotatable bonds is 3. The van der Waals surface area contributed by atoms with E-state index in [-0.39, 0.29) is 0 Å². The Morgan fingerprint density at radius 1 is 1.21 bits per heavy atom. The Labute approximate surface area is 114 Å². The molecule has 2 aromatic rings. The molecule has 0 amide bonds. The van der Waals surface area contributed by atoms with Gasteiger partial charge in [0.2, 0.25) is 0 Å². The third-order valence-electron chi connectivity index (χ3n) is 3.97. The molecule has 3 nitrogen and oxygen atoms in total. The standard InChI is InChI=1S/C16H21N3/c1-12-6-5-7-13(10-12)11-15-17-16(19-18-15)14-8-3-2-4-9-14/h5-7,10,14H,2-4,8-9,11H2,1H3,(H,17,18,19). The maximum Gasteiger partial charge on any atom is 0.153 e. The highest BCUT2D eigenvalue weighted by atomic mass is 15.2. The molecule has 3 heteroatoms. The Kier molecular flexibility index (Phi) is 3.62. The van der Waals surface area contributed by atoms with E-state index in [9.17, 15) is 0 Å². The first-order valence-electron chi connectivity index (χ1n) is 7.28. The van der Waals surface area contributed by atoms with Gasteiger partial charge in [-0.2, -0.15) is 5.10 Å². The van der Waals surface area contributed by atoms with Gasteiger partial charge in [-0.25, -0.2) is 4.98 Å². The van der Waals surface area contributed by atoms with Gasteiger partial charge in [0.15, 0.2) is 5.82 Å². The van der Waals surface area contributed by atoms with Gasteiger partial charge in [-0.1, -0.05) is 49.1 Å². The minimum Gasteiger partial charge on any atom is -0.263 e. The van der Waals surface area contributed by atoms with Gasteiger partial charge in [-0.05, 0) is 25.3 Å². The molecular formula is C16H21N3. The minimum atomic E-state index is 0.580. The van der Waals surface area contributed by atoms with Crippen molar-refractivity contribution in [3.05, 3.63) is 47.0 Å². The van der Waals surface area contributed by atoms with Crippen LogP contribution in [-0.4, -0.2) is 15.2 Å². The van der Waals surface area contributed by atoms with Gasteiger partial charge in [0.1, 0.15) is 5.82 Å². The zero-order valence-corrected chi connectivity index (χ0v) is 11.5. The molecule has 1 aliphatic rings. The number of aryl methyl sites for hydroxylation is 1. The number of hydrogen-bond donors (Lipinski definition) is 1. The second kappa shape index (κ2) is 5.55. The van der Waals surface area contributed by atoms with Gasteiger partial charge < -0.3 is 0 Å². The van der Waals surface area contributed by atoms with E-state index in [1.54, 1.807) is 0 Å². The Bertz CT molecular complexity index is 538. The van der Waals surface area contributed by atoms with E-state index in [0.29, 0.717) is 5.92 Å². The summed E-state index contributed by atoms with van der Waals surface area (Å²) < 4.78 is 0. The van der Waals surface area contributed by atoms with Crippen LogP contribution in [0.4, 0.5) is 0 Å². The van der Waals surface area contributed by atoms with Gasteiger partial charge in [0.25, 0.3) is 0 Å². The normalized spacial score (nSPS) is 16.7. The van der Waals surface area contributed by atoms with Crippen LogP contribution in [0.25, 0.3) is 0 Å². The minimum absolute atomic E-state index is 0.580. The molecule has 0 bridgehead atoms. The van der Waals surface area contributed by atoms with E-state index in [4.69, 9.17) is 4.98 Å². The van der Waals surface area contributed by atoms with E-state index >= 15 is 0 Å². The smallest absolute Gasteiger partial charge is 0.153 e. The summed E-state index contributed by atoms with van der Waals surface area (Å²) in [6, 6.07) is 8.58. The fourth-order valence-electron chi connectivity index (χ4n) is 2.95. The number of nitrogens with one attached hydrogen (secondary N) is 1. The molecule has 1 aromatic heterocycles. The van der Waals surface area contributed by atoms with Gasteiger partial charge >= 0.3 is 0 Å². The molecule has 1 fully saturated rings. The predicted octanol–water partition coefficient (Wildman–Crippen LogP) is 3.75. The SMILES string of the molecule is Cc1cccc(Cc2nc(C3CCCCC3)n[nH]2)c1. The molecular weight excluding hydrogens is 234 g/mol. The molecule has 1 N–H and O–H groups in total. The highest BCUT2D eigenvalue weighted by molar-refractivity contribution is 5.24. The Balaban J connectivity index is 1.70. The lowest BCUT2D eigenvalue weighted by atomic mass is 9.89. The average Bonchev–Trinajstić information content (AvgIpc) is 2.88. The molecule has 1 aromatic carbocycles. The van der Waals surface area contributed by atoms with E-state index in [0.717, 1.165) is 18.1 Å². The van der Waals surface area contributed by atoms with Crippen LogP contribution in [-0.2, 0) is 6.42 Å². The molecule has 0 unspecified atom stereocenters. The lowest BCUT2D eigenvalue weighted by Gasteiger charge is -2.18. The number of aromatic nitrogens is 3. The number of benzene rings is 1. The van der Waals surface area contributed by atoms with E-state index in [1.807, 2.05) is 0 Å². The molecule has 0 spiro atoms. The van der Waals surface area contributed by atoms with Gasteiger partial charge in [-0.3, -0.25) is 5.10 Å². The Hall–Kier alpha value is -1.64. The molecule has 0 aliphatic heterocycles. The number of hydrogen-bond acceptors (Lipinski definition) is 2. The van der Waals surface area contributed by atoms with Crippen LogP contribution in [0.15, 0.2) is 24.3 Å². The zero-order valence-electron chi connectivity index (χ0n) is 11.5. The molecule has 0 atom stereocenters. The maximum absolute atomic E-state index is 4.69. The van der Waals surface area contributed by atoms with Crippen LogP contribution in [0.5, 0.6) is 0 Å². The second-order valence-electron chi connectivity index (χ2n) is 5.64. The van der Waals surface area contributed by atoms with Gasteiger partial charge in [0.05, 0.1) is 0 Å². The van der Waals surface area contributed by atoms with Gasteiger partial charge in [0, 0.05) is 12.3 Å². The van der Waals surface area contributed by atoms with Crippen molar-refractivity contribution in [2.45, 2.75) is 51.4 Å². The lowest BCUT2D eigenvalue weighted by Crippen LogP contribution is -2.06. The molecule has 1 heterocycles. The fraction of sp³-hybridized carbons (Fsp3) is 0.500. The molecule has 19 heavy (non-hydrogen) atoms. The van der Waals surface area contributed by atoms with Crippen molar-refractivity contribution in [2.24, 2.45) is 0 Å². The van der Waals surface area contributed by atoms with Crippen molar-refractivity contribution in [2.75, 3.05) is 0 Å². The first-order chi connectivity index (χ1) is 9.31. The first kappa shape index (κ1) is 12.4. The van der Waals surface area contributed by atoms with E-state index in [2.05, 4.69) is 41.4 Å². The third-order valence-corrected chi connectivity index (χ3v) is 3.97. The second-order valence-corrected chi connectivity index (χ2v) is 5.64. The number of H-pyrrole nitrogens is 1. The van der Waals surface area contributed by atoms with Crippen LogP contribution in [0, 0.1) is 6.92 Å². The Morgan fingerprint density at radius 2 is 2.05 bits per heavy atom. The van der Waals surface area contributed by atoms with Crippen molar-refractivity contribution in [1.29, 1.82) is 0 Å². The highest BCUT2D eigenvalue weighted by Crippen LogP contribution is 2.30. The van der Waals surface area contributed by atoms with Crippen LogP contribution < -0.4 is 0 Å². The maximum atomic E-state index is 4.69. The monoisotopic (exact) mass is 255 g/mol. The van der Waals surface area contributed by atoms with Crippen molar-refractivity contribution in [3.63, 3.8) is 0 Å². The average molecular weight is 255 g/mol. The predicted molar refractivity (Wildman–Crippen MR) is 76.2 cm³/mol. The van der Waals surface area contributed by atoms with Crippen molar-refractivity contribution in [1.82, 2.24) is 15.2 Å². The first-order valence-corrected chi connectivity index (χ1v) is 7.28. The summed E-state index contributed by atoms with van der Waals surface area (Å²) in [5.41, 5.74) is 2.59.